The van der Waals surface area contributed by atoms with Crippen LogP contribution in [0, 0.1) is 0 Å². The van der Waals surface area contributed by atoms with Crippen molar-refractivity contribution in [2.75, 3.05) is 46.1 Å². The van der Waals surface area contributed by atoms with E-state index in [-0.39, 0.29) is 0 Å². The molecule has 0 bridgehead atoms. The van der Waals surface area contributed by atoms with Gasteiger partial charge in [-0.2, -0.15) is 0 Å². The van der Waals surface area contributed by atoms with E-state index in [1.54, 1.807) is 0 Å². The molecule has 0 saturated carbocycles. The maximum absolute atomic E-state index is 5.75. The number of rotatable bonds is 29. The summed E-state index contributed by atoms with van der Waals surface area (Å²) in [6.45, 7) is 8.19. The molecule has 0 amide bonds. The Kier molecular flexibility index (Phi) is 26.0. The summed E-state index contributed by atoms with van der Waals surface area (Å²) in [4.78, 5) is 0. The number of unbranched alkanes of at least 4 members (excludes halogenated alkanes) is 16. The largest absolute Gasteiger partial charge is 0.494 e. The van der Waals surface area contributed by atoms with Gasteiger partial charge in [-0.05, 0) is 37.9 Å². The first-order chi connectivity index (χ1) is 17.9. The summed E-state index contributed by atoms with van der Waals surface area (Å²) in [6.07, 6.45) is 24.5. The van der Waals surface area contributed by atoms with Crippen LogP contribution in [-0.4, -0.2) is 46.1 Å². The molecule has 0 aliphatic heterocycles. The average Bonchev–Trinajstić information content (AvgIpc) is 2.91. The van der Waals surface area contributed by atoms with Crippen LogP contribution in [0.15, 0.2) is 30.3 Å². The lowest BCUT2D eigenvalue weighted by molar-refractivity contribution is 0.0474. The van der Waals surface area contributed by atoms with Gasteiger partial charge in [0.15, 0.2) is 0 Å². The molecule has 4 heteroatoms. The molecule has 1 N–H and O–H groups in total. The van der Waals surface area contributed by atoms with E-state index in [2.05, 4.69) is 12.2 Å². The van der Waals surface area contributed by atoms with Crippen LogP contribution in [0.1, 0.15) is 122 Å². The van der Waals surface area contributed by atoms with Crippen molar-refractivity contribution in [1.82, 2.24) is 5.32 Å². The van der Waals surface area contributed by atoms with Gasteiger partial charge in [-0.1, -0.05) is 121 Å². The number of hydrogen-bond donors (Lipinski definition) is 1. The van der Waals surface area contributed by atoms with E-state index in [1.807, 2.05) is 30.3 Å². The lowest BCUT2D eigenvalue weighted by Gasteiger charge is -2.07. The van der Waals surface area contributed by atoms with Gasteiger partial charge in [-0.25, -0.2) is 0 Å². The minimum Gasteiger partial charge on any atom is -0.494 e. The summed E-state index contributed by atoms with van der Waals surface area (Å²) in [6, 6.07) is 10.2. The number of para-hydroxylation sites is 1. The minimum atomic E-state index is 0.722. The Balaban J connectivity index is 1.63. The standard InChI is InChI=1S/C32H59NO3/c1-2-25-33-26-29-35-31-30-34-27-21-16-14-12-10-8-6-4-3-5-7-9-11-13-15-17-22-28-36-32-23-19-18-20-24-32/h18-20,23-24,33H,2-17,21-22,25-31H2,1H3. The average molecular weight is 506 g/mol. The van der Waals surface area contributed by atoms with E-state index in [1.165, 1.54) is 116 Å². The highest BCUT2D eigenvalue weighted by Gasteiger charge is 1.97. The highest BCUT2D eigenvalue weighted by atomic mass is 16.5. The van der Waals surface area contributed by atoms with Crippen molar-refractivity contribution in [3.05, 3.63) is 30.3 Å². The summed E-state index contributed by atoms with van der Waals surface area (Å²) >= 11 is 0. The molecule has 0 fully saturated rings. The van der Waals surface area contributed by atoms with Crippen LogP contribution in [0.2, 0.25) is 0 Å². The normalized spacial score (nSPS) is 11.2. The lowest BCUT2D eigenvalue weighted by atomic mass is 10.0. The third-order valence-corrected chi connectivity index (χ3v) is 6.67. The maximum atomic E-state index is 5.75. The topological polar surface area (TPSA) is 39.7 Å². The quantitative estimate of drug-likeness (QED) is 0.110. The summed E-state index contributed by atoms with van der Waals surface area (Å²) < 4.78 is 17.0. The number of ether oxygens (including phenoxy) is 3. The summed E-state index contributed by atoms with van der Waals surface area (Å²) in [5.41, 5.74) is 0. The number of nitrogens with one attached hydrogen (secondary N) is 1. The van der Waals surface area contributed by atoms with E-state index in [0.717, 1.165) is 51.9 Å². The van der Waals surface area contributed by atoms with E-state index >= 15 is 0 Å². The fourth-order valence-corrected chi connectivity index (χ4v) is 4.43. The van der Waals surface area contributed by atoms with Crippen molar-refractivity contribution in [3.8, 4) is 5.75 Å². The van der Waals surface area contributed by atoms with Gasteiger partial charge in [-0.3, -0.25) is 0 Å². The van der Waals surface area contributed by atoms with Crippen LogP contribution in [0.5, 0.6) is 5.75 Å². The zero-order chi connectivity index (χ0) is 25.6. The van der Waals surface area contributed by atoms with Crippen LogP contribution in [0.25, 0.3) is 0 Å². The van der Waals surface area contributed by atoms with Crippen molar-refractivity contribution in [2.45, 2.75) is 122 Å². The van der Waals surface area contributed by atoms with Crippen LogP contribution in [-0.2, 0) is 9.47 Å². The first kappa shape index (κ1) is 32.9. The molecule has 0 atom stereocenters. The molecule has 1 rings (SSSR count). The molecule has 0 aromatic heterocycles. The van der Waals surface area contributed by atoms with Crippen LogP contribution >= 0.6 is 0 Å². The molecule has 1 aromatic rings. The van der Waals surface area contributed by atoms with Crippen molar-refractivity contribution in [3.63, 3.8) is 0 Å². The third kappa shape index (κ3) is 24.6. The van der Waals surface area contributed by atoms with E-state index in [4.69, 9.17) is 14.2 Å². The first-order valence-electron chi connectivity index (χ1n) is 15.5. The Hall–Kier alpha value is -1.10. The minimum absolute atomic E-state index is 0.722. The first-order valence-corrected chi connectivity index (χ1v) is 15.5. The molecule has 36 heavy (non-hydrogen) atoms. The molecule has 0 aliphatic rings. The van der Waals surface area contributed by atoms with Gasteiger partial charge in [-0.15, -0.1) is 0 Å². The molecule has 0 saturated heterocycles. The molecular weight excluding hydrogens is 446 g/mol. The van der Waals surface area contributed by atoms with Gasteiger partial charge in [0.05, 0.1) is 26.4 Å². The summed E-state index contributed by atoms with van der Waals surface area (Å²) in [7, 11) is 0. The summed E-state index contributed by atoms with van der Waals surface area (Å²) in [5.74, 6) is 0.998. The Morgan fingerprint density at radius 1 is 0.472 bits per heavy atom. The second-order valence-electron chi connectivity index (χ2n) is 10.1. The van der Waals surface area contributed by atoms with Crippen molar-refractivity contribution >= 4 is 0 Å². The Morgan fingerprint density at radius 2 is 0.917 bits per heavy atom. The number of benzene rings is 1. The molecule has 4 nitrogen and oxygen atoms in total. The molecule has 210 valence electrons. The molecule has 0 unspecified atom stereocenters. The van der Waals surface area contributed by atoms with Crippen LogP contribution in [0.4, 0.5) is 0 Å². The monoisotopic (exact) mass is 505 g/mol. The zero-order valence-corrected chi connectivity index (χ0v) is 23.8. The van der Waals surface area contributed by atoms with E-state index in [0.29, 0.717) is 0 Å². The Morgan fingerprint density at radius 3 is 1.42 bits per heavy atom. The Bertz CT molecular complexity index is 525. The molecular formula is C32H59NO3. The molecule has 1 aromatic carbocycles. The highest BCUT2D eigenvalue weighted by molar-refractivity contribution is 5.20. The molecule has 0 spiro atoms. The van der Waals surface area contributed by atoms with E-state index < -0.39 is 0 Å². The van der Waals surface area contributed by atoms with Gasteiger partial charge in [0.1, 0.15) is 5.75 Å². The van der Waals surface area contributed by atoms with Gasteiger partial charge in [0.2, 0.25) is 0 Å². The smallest absolute Gasteiger partial charge is 0.119 e. The Labute approximate surface area is 224 Å². The van der Waals surface area contributed by atoms with Crippen molar-refractivity contribution < 1.29 is 14.2 Å². The van der Waals surface area contributed by atoms with Gasteiger partial charge < -0.3 is 19.5 Å². The highest BCUT2D eigenvalue weighted by Crippen LogP contribution is 2.14. The van der Waals surface area contributed by atoms with Crippen LogP contribution < -0.4 is 10.1 Å². The van der Waals surface area contributed by atoms with Gasteiger partial charge >= 0.3 is 0 Å². The van der Waals surface area contributed by atoms with Gasteiger partial charge in [0.25, 0.3) is 0 Å². The predicted octanol–water partition coefficient (Wildman–Crippen LogP) is 8.73. The third-order valence-electron chi connectivity index (χ3n) is 6.67. The number of hydrogen-bond acceptors (Lipinski definition) is 4. The molecule has 0 heterocycles. The second-order valence-corrected chi connectivity index (χ2v) is 10.1. The SMILES string of the molecule is CCCNCCOCCOCCCCCCCCCCCCCCCCCCCOc1ccccc1. The maximum Gasteiger partial charge on any atom is 0.119 e. The summed E-state index contributed by atoms with van der Waals surface area (Å²) in [5, 5.41) is 3.34. The predicted molar refractivity (Wildman–Crippen MR) is 155 cm³/mol. The molecule has 0 aliphatic carbocycles. The van der Waals surface area contributed by atoms with Gasteiger partial charge in [0, 0.05) is 13.2 Å². The van der Waals surface area contributed by atoms with Crippen molar-refractivity contribution in [2.24, 2.45) is 0 Å². The molecule has 0 radical (unpaired) electrons. The van der Waals surface area contributed by atoms with Crippen molar-refractivity contribution in [1.29, 1.82) is 0 Å². The fourth-order valence-electron chi connectivity index (χ4n) is 4.43. The van der Waals surface area contributed by atoms with E-state index in [9.17, 15) is 0 Å². The lowest BCUT2D eigenvalue weighted by Crippen LogP contribution is -2.21. The fraction of sp³-hybridized carbons (Fsp3) is 0.812. The van der Waals surface area contributed by atoms with Crippen LogP contribution in [0.3, 0.4) is 0 Å². The second kappa shape index (κ2) is 28.5. The zero-order valence-electron chi connectivity index (χ0n) is 23.8.